The number of carbonyl (C=O) groups excluding carboxylic acids is 1. The van der Waals surface area contributed by atoms with Crippen LogP contribution in [0.4, 0.5) is 0 Å². The van der Waals surface area contributed by atoms with Crippen LogP contribution in [0.5, 0.6) is 0 Å². The third-order valence-electron chi connectivity index (χ3n) is 3.04. The lowest BCUT2D eigenvalue weighted by atomic mass is 10.1. The first-order valence-electron chi connectivity index (χ1n) is 7.77. The molecule has 130 valence electrons. The average Bonchev–Trinajstić information content (AvgIpc) is 2.44. The lowest BCUT2D eigenvalue weighted by Crippen LogP contribution is -2.32. The van der Waals surface area contributed by atoms with Crippen LogP contribution in [-0.2, 0) is 14.4 Å². The molecule has 0 aliphatic carbocycles. The van der Waals surface area contributed by atoms with Gasteiger partial charge >= 0.3 is 5.97 Å². The molecule has 0 aliphatic heterocycles. The summed E-state index contributed by atoms with van der Waals surface area (Å²) in [4.78, 5) is 30.2. The van der Waals surface area contributed by atoms with E-state index in [-0.39, 0.29) is 24.8 Å². The third-order valence-corrected chi connectivity index (χ3v) is 3.04. The Balaban J connectivity index is 0. The van der Waals surface area contributed by atoms with E-state index in [0.29, 0.717) is 13.0 Å². The number of hydrogen-bond donors (Lipinski definition) is 4. The van der Waals surface area contributed by atoms with Gasteiger partial charge in [-0.15, -0.1) is 0 Å². The summed E-state index contributed by atoms with van der Waals surface area (Å²) in [6, 6.07) is 0.201. The van der Waals surface area contributed by atoms with Gasteiger partial charge in [0.05, 0.1) is 0 Å². The zero-order chi connectivity index (χ0) is 17.2. The second kappa shape index (κ2) is 17.4. The normalized spacial score (nSPS) is 11.0. The van der Waals surface area contributed by atoms with Gasteiger partial charge in [-0.2, -0.15) is 0 Å². The van der Waals surface area contributed by atoms with Crippen molar-refractivity contribution in [2.75, 3.05) is 6.54 Å². The first-order valence-corrected chi connectivity index (χ1v) is 7.77. The van der Waals surface area contributed by atoms with Crippen molar-refractivity contribution in [3.8, 4) is 0 Å². The number of amides is 1. The molecule has 0 heterocycles. The van der Waals surface area contributed by atoms with Gasteiger partial charge in [0, 0.05) is 18.9 Å². The fourth-order valence-electron chi connectivity index (χ4n) is 1.94. The lowest BCUT2D eigenvalue weighted by molar-refractivity contribution is -0.137. The van der Waals surface area contributed by atoms with Gasteiger partial charge in [-0.3, -0.25) is 14.4 Å². The van der Waals surface area contributed by atoms with Crippen molar-refractivity contribution in [3.05, 3.63) is 0 Å². The molecule has 0 spiro atoms. The van der Waals surface area contributed by atoms with Crippen molar-refractivity contribution in [1.29, 1.82) is 0 Å². The van der Waals surface area contributed by atoms with Crippen LogP contribution in [0.15, 0.2) is 0 Å². The Morgan fingerprint density at radius 2 is 1.59 bits per heavy atom. The number of hydrogen-bond acceptors (Lipinski definition) is 4. The molecular weight excluding hydrogens is 288 g/mol. The zero-order valence-corrected chi connectivity index (χ0v) is 13.4. The maximum Gasteiger partial charge on any atom is 0.303 e. The summed E-state index contributed by atoms with van der Waals surface area (Å²) in [7, 11) is 0. The summed E-state index contributed by atoms with van der Waals surface area (Å²) in [6.45, 7) is 2.41. The number of aliphatic carboxylic acids is 1. The van der Waals surface area contributed by atoms with E-state index in [1.165, 1.54) is 0 Å². The predicted molar refractivity (Wildman–Crippen MR) is 84.5 cm³/mol. The van der Waals surface area contributed by atoms with Gasteiger partial charge in [0.1, 0.15) is 0 Å². The standard InChI is InChI=1S/C14H28N2O3.CH2O2/c1-12(8-7-11-15)16-13(17)9-5-3-2-4-6-10-14(18)19;2-1-3/h12H,2-11,15H2,1H3,(H,16,17)(H,18,19);1H,(H,2,3)/t12-;/m1./s1. The van der Waals surface area contributed by atoms with Crippen molar-refractivity contribution in [2.45, 2.75) is 70.8 Å². The van der Waals surface area contributed by atoms with Gasteiger partial charge in [0.25, 0.3) is 6.47 Å². The molecule has 0 fully saturated rings. The molecule has 0 saturated heterocycles. The molecule has 1 atom stereocenters. The van der Waals surface area contributed by atoms with E-state index in [4.69, 9.17) is 20.7 Å². The fourth-order valence-corrected chi connectivity index (χ4v) is 1.94. The van der Waals surface area contributed by atoms with Crippen molar-refractivity contribution in [3.63, 3.8) is 0 Å². The van der Waals surface area contributed by atoms with Crippen LogP contribution in [-0.4, -0.2) is 41.1 Å². The number of carbonyl (C=O) groups is 3. The van der Waals surface area contributed by atoms with Crippen LogP contribution in [0.3, 0.4) is 0 Å². The smallest absolute Gasteiger partial charge is 0.303 e. The summed E-state index contributed by atoms with van der Waals surface area (Å²) in [6.07, 6.45) is 7.21. The Morgan fingerprint density at radius 3 is 2.09 bits per heavy atom. The van der Waals surface area contributed by atoms with Gasteiger partial charge in [-0.05, 0) is 39.2 Å². The number of carboxylic acids is 1. The minimum Gasteiger partial charge on any atom is -0.483 e. The molecule has 0 rings (SSSR count). The SMILES string of the molecule is C[C@H](CCCN)NC(=O)CCCCCCCC(=O)O.O=CO. The van der Waals surface area contributed by atoms with E-state index in [9.17, 15) is 9.59 Å². The Morgan fingerprint density at radius 1 is 1.09 bits per heavy atom. The highest BCUT2D eigenvalue weighted by atomic mass is 16.4. The molecule has 22 heavy (non-hydrogen) atoms. The van der Waals surface area contributed by atoms with E-state index >= 15 is 0 Å². The maximum atomic E-state index is 11.6. The minimum atomic E-state index is -0.731. The summed E-state index contributed by atoms with van der Waals surface area (Å²) in [5, 5.41) is 18.3. The summed E-state index contributed by atoms with van der Waals surface area (Å²) >= 11 is 0. The van der Waals surface area contributed by atoms with E-state index in [2.05, 4.69) is 5.32 Å². The maximum absolute atomic E-state index is 11.6. The highest BCUT2D eigenvalue weighted by Gasteiger charge is 2.06. The molecule has 0 radical (unpaired) electrons. The van der Waals surface area contributed by atoms with E-state index in [1.807, 2.05) is 6.92 Å². The molecule has 7 nitrogen and oxygen atoms in total. The molecule has 0 saturated carbocycles. The lowest BCUT2D eigenvalue weighted by Gasteiger charge is -2.13. The minimum absolute atomic E-state index is 0.107. The Bertz CT molecular complexity index is 298. The zero-order valence-electron chi connectivity index (χ0n) is 13.4. The van der Waals surface area contributed by atoms with Gasteiger partial charge in [-0.25, -0.2) is 0 Å². The number of unbranched alkanes of at least 4 members (excludes halogenated alkanes) is 4. The number of carboxylic acid groups (broad SMARTS) is 2. The quantitative estimate of drug-likeness (QED) is 0.320. The number of rotatable bonds is 12. The number of nitrogens with one attached hydrogen (secondary N) is 1. The highest BCUT2D eigenvalue weighted by Crippen LogP contribution is 2.07. The molecule has 0 unspecified atom stereocenters. The van der Waals surface area contributed by atoms with Crippen molar-refractivity contribution in [2.24, 2.45) is 5.73 Å². The first-order chi connectivity index (χ1) is 10.5. The fraction of sp³-hybridized carbons (Fsp3) is 0.800. The van der Waals surface area contributed by atoms with Crippen LogP contribution in [0.25, 0.3) is 0 Å². The highest BCUT2D eigenvalue weighted by molar-refractivity contribution is 5.76. The predicted octanol–water partition coefficient (Wildman–Crippen LogP) is 1.75. The third kappa shape index (κ3) is 20.7. The molecule has 0 aromatic rings. The molecule has 0 aliphatic rings. The van der Waals surface area contributed by atoms with Gasteiger partial charge in [0.2, 0.25) is 5.91 Å². The van der Waals surface area contributed by atoms with E-state index < -0.39 is 5.97 Å². The van der Waals surface area contributed by atoms with Crippen molar-refractivity contribution in [1.82, 2.24) is 5.32 Å². The summed E-state index contributed by atoms with van der Waals surface area (Å²) < 4.78 is 0. The molecule has 5 N–H and O–H groups in total. The average molecular weight is 318 g/mol. The molecule has 1 amide bonds. The molecule has 0 aromatic carbocycles. The number of nitrogens with two attached hydrogens (primary N) is 1. The van der Waals surface area contributed by atoms with E-state index in [1.54, 1.807) is 0 Å². The first kappa shape index (κ1) is 22.6. The monoisotopic (exact) mass is 318 g/mol. The van der Waals surface area contributed by atoms with Crippen LogP contribution in [0, 0.1) is 0 Å². The Kier molecular flexibility index (Phi) is 17.9. The van der Waals surface area contributed by atoms with Gasteiger partial charge < -0.3 is 21.3 Å². The van der Waals surface area contributed by atoms with Crippen LogP contribution < -0.4 is 11.1 Å². The molecular formula is C15H30N2O5. The van der Waals surface area contributed by atoms with Crippen LogP contribution in [0.1, 0.15) is 64.7 Å². The second-order valence-corrected chi connectivity index (χ2v) is 5.17. The second-order valence-electron chi connectivity index (χ2n) is 5.17. The molecule has 0 bridgehead atoms. The molecule has 7 heteroatoms. The van der Waals surface area contributed by atoms with Gasteiger partial charge in [0.15, 0.2) is 0 Å². The van der Waals surface area contributed by atoms with Gasteiger partial charge in [-0.1, -0.05) is 19.3 Å². The Hall–Kier alpha value is -1.63. The Labute approximate surface area is 132 Å². The summed E-state index contributed by atoms with van der Waals surface area (Å²) in [5.41, 5.74) is 5.41. The summed E-state index contributed by atoms with van der Waals surface area (Å²) in [5.74, 6) is -0.624. The topological polar surface area (TPSA) is 130 Å². The van der Waals surface area contributed by atoms with Crippen LogP contribution >= 0.6 is 0 Å². The molecule has 0 aromatic heterocycles. The van der Waals surface area contributed by atoms with Crippen LogP contribution in [0.2, 0.25) is 0 Å². The largest absolute Gasteiger partial charge is 0.483 e. The van der Waals surface area contributed by atoms with Crippen molar-refractivity contribution >= 4 is 18.3 Å². The van der Waals surface area contributed by atoms with Crippen molar-refractivity contribution < 1.29 is 24.6 Å². The van der Waals surface area contributed by atoms with E-state index in [0.717, 1.165) is 44.9 Å².